The number of unbranched alkanes of at least 4 members (excludes halogenated alkanes) is 1. The molecule has 2 bridgehead atoms. The van der Waals surface area contributed by atoms with Crippen molar-refractivity contribution in [3.8, 4) is 5.75 Å². The van der Waals surface area contributed by atoms with Crippen LogP contribution in [-0.2, 0) is 6.42 Å². The lowest BCUT2D eigenvalue weighted by Gasteiger charge is -2.49. The average Bonchev–Trinajstić information content (AvgIpc) is 2.87. The summed E-state index contributed by atoms with van der Waals surface area (Å²) in [5.74, 6) is 1.50. The number of rotatable bonds is 9. The van der Waals surface area contributed by atoms with Gasteiger partial charge in [-0.3, -0.25) is 5.32 Å². The number of alkyl halides is 3. The molecule has 2 aromatic rings. The van der Waals surface area contributed by atoms with E-state index in [4.69, 9.17) is 0 Å². The third-order valence-electron chi connectivity index (χ3n) is 8.90. The van der Waals surface area contributed by atoms with E-state index in [1.54, 1.807) is 12.1 Å². The molecule has 1 aliphatic heterocycles. The van der Waals surface area contributed by atoms with Crippen LogP contribution in [0.25, 0.3) is 0 Å². The third kappa shape index (κ3) is 6.48. The van der Waals surface area contributed by atoms with Crippen molar-refractivity contribution in [3.63, 3.8) is 0 Å². The molecule has 3 N–H and O–H groups in total. The standard InChI is InChI=1S/C31H42F3N3O/c1-3-5-15-35-28-18-24-17-26(38-31(32,33)34)12-13-27(24)29(36-28)23-8-10-25(11-9-23)37-30-14-6-7-22(20-30)16-21(4-2)19-30/h8-13,17,21-22,28-29,35-37H,3-7,14-16,18-20H2,1-2H3/t21?,22?,28-,29-,30?/m1/s1. The molecular formula is C31H42F3N3O. The van der Waals surface area contributed by atoms with Crippen molar-refractivity contribution in [3.05, 3.63) is 59.2 Å². The third-order valence-corrected chi connectivity index (χ3v) is 8.90. The molecule has 2 aromatic carbocycles. The Morgan fingerprint density at radius 2 is 1.89 bits per heavy atom. The summed E-state index contributed by atoms with van der Waals surface area (Å²) in [7, 11) is 0. The molecule has 5 rings (SSSR count). The van der Waals surface area contributed by atoms with E-state index in [1.807, 2.05) is 0 Å². The summed E-state index contributed by atoms with van der Waals surface area (Å²) < 4.78 is 42.8. The molecule has 3 unspecified atom stereocenters. The first-order valence-corrected chi connectivity index (χ1v) is 14.5. The number of halogens is 3. The first kappa shape index (κ1) is 27.3. The van der Waals surface area contributed by atoms with Gasteiger partial charge in [0.2, 0.25) is 0 Å². The van der Waals surface area contributed by atoms with Crippen LogP contribution in [-0.4, -0.2) is 24.6 Å². The highest BCUT2D eigenvalue weighted by molar-refractivity contribution is 5.50. The van der Waals surface area contributed by atoms with Gasteiger partial charge >= 0.3 is 6.36 Å². The SMILES string of the molecule is CCCCN[C@H]1Cc2cc(OC(F)(F)F)ccc2[C@@H](c2ccc(NC34CCCC(CC(CC)C3)C4)cc2)N1. The van der Waals surface area contributed by atoms with Crippen LogP contribution >= 0.6 is 0 Å². The molecule has 0 saturated heterocycles. The van der Waals surface area contributed by atoms with Gasteiger partial charge in [-0.25, -0.2) is 0 Å². The van der Waals surface area contributed by atoms with Gasteiger partial charge < -0.3 is 15.4 Å². The van der Waals surface area contributed by atoms with Crippen molar-refractivity contribution >= 4 is 5.69 Å². The van der Waals surface area contributed by atoms with E-state index in [9.17, 15) is 13.2 Å². The molecule has 7 heteroatoms. The van der Waals surface area contributed by atoms with Crippen LogP contribution in [0.1, 0.15) is 94.4 Å². The second-order valence-corrected chi connectivity index (χ2v) is 11.8. The van der Waals surface area contributed by atoms with E-state index < -0.39 is 6.36 Å². The van der Waals surface area contributed by atoms with Gasteiger partial charge in [0, 0.05) is 17.6 Å². The van der Waals surface area contributed by atoms with E-state index in [0.717, 1.165) is 53.6 Å². The number of nitrogens with one attached hydrogen (secondary N) is 3. The van der Waals surface area contributed by atoms with Gasteiger partial charge in [0.25, 0.3) is 0 Å². The van der Waals surface area contributed by atoms with Gasteiger partial charge in [-0.15, -0.1) is 13.2 Å². The van der Waals surface area contributed by atoms with Crippen LogP contribution in [0.5, 0.6) is 5.75 Å². The monoisotopic (exact) mass is 529 g/mol. The molecule has 0 spiro atoms. The minimum Gasteiger partial charge on any atom is -0.406 e. The van der Waals surface area contributed by atoms with Crippen LogP contribution in [0.4, 0.5) is 18.9 Å². The van der Waals surface area contributed by atoms with Crippen molar-refractivity contribution in [1.29, 1.82) is 0 Å². The quantitative estimate of drug-likeness (QED) is 0.291. The number of hydrogen-bond donors (Lipinski definition) is 3. The van der Waals surface area contributed by atoms with Crippen LogP contribution in [0.15, 0.2) is 42.5 Å². The van der Waals surface area contributed by atoms with Crippen molar-refractivity contribution in [2.45, 2.75) is 102 Å². The maximum absolute atomic E-state index is 12.9. The number of ether oxygens (including phenoxy) is 1. The molecule has 0 radical (unpaired) electrons. The summed E-state index contributed by atoms with van der Waals surface area (Å²) in [6.07, 6.45) is 7.11. The number of anilines is 1. The minimum atomic E-state index is -4.70. The lowest BCUT2D eigenvalue weighted by molar-refractivity contribution is -0.274. The van der Waals surface area contributed by atoms with Crippen LogP contribution in [0.2, 0.25) is 0 Å². The van der Waals surface area contributed by atoms with Gasteiger partial charge in [0.15, 0.2) is 0 Å². The summed E-state index contributed by atoms with van der Waals surface area (Å²) in [6, 6.07) is 13.3. The minimum absolute atomic E-state index is 0.0238. The molecular weight excluding hydrogens is 487 g/mol. The summed E-state index contributed by atoms with van der Waals surface area (Å²) in [6.45, 7) is 5.33. The Morgan fingerprint density at radius 3 is 2.63 bits per heavy atom. The molecule has 3 aliphatic rings. The molecule has 2 aliphatic carbocycles. The van der Waals surface area contributed by atoms with Crippen LogP contribution < -0.4 is 20.7 Å². The molecule has 0 amide bonds. The Hall–Kier alpha value is -2.25. The molecule has 0 aromatic heterocycles. The second-order valence-electron chi connectivity index (χ2n) is 11.8. The van der Waals surface area contributed by atoms with E-state index in [0.29, 0.717) is 6.42 Å². The lowest BCUT2D eigenvalue weighted by Crippen LogP contribution is -2.49. The zero-order valence-corrected chi connectivity index (χ0v) is 22.7. The van der Waals surface area contributed by atoms with Gasteiger partial charge in [-0.2, -0.15) is 0 Å². The van der Waals surface area contributed by atoms with Gasteiger partial charge in [-0.05, 0) is 91.4 Å². The molecule has 1 heterocycles. The number of benzene rings is 2. The van der Waals surface area contributed by atoms with Crippen LogP contribution in [0.3, 0.4) is 0 Å². The maximum atomic E-state index is 12.9. The highest BCUT2D eigenvalue weighted by atomic mass is 19.4. The molecule has 4 nitrogen and oxygen atoms in total. The first-order valence-electron chi connectivity index (χ1n) is 14.5. The van der Waals surface area contributed by atoms with Gasteiger partial charge in [0.05, 0.1) is 12.2 Å². The van der Waals surface area contributed by atoms with E-state index in [-0.39, 0.29) is 23.5 Å². The Morgan fingerprint density at radius 1 is 1.08 bits per heavy atom. The van der Waals surface area contributed by atoms with Crippen molar-refractivity contribution in [2.24, 2.45) is 11.8 Å². The highest BCUT2D eigenvalue weighted by Gasteiger charge is 2.42. The molecule has 5 atom stereocenters. The first-order chi connectivity index (χ1) is 18.3. The smallest absolute Gasteiger partial charge is 0.406 e. The fourth-order valence-electron chi connectivity index (χ4n) is 7.19. The lowest BCUT2D eigenvalue weighted by atomic mass is 9.63. The molecule has 38 heavy (non-hydrogen) atoms. The summed E-state index contributed by atoms with van der Waals surface area (Å²) in [4.78, 5) is 0. The Labute approximate surface area is 225 Å². The number of fused-ring (bicyclic) bond motifs is 3. The van der Waals surface area contributed by atoms with Crippen molar-refractivity contribution in [1.82, 2.24) is 10.6 Å². The zero-order valence-electron chi connectivity index (χ0n) is 22.7. The normalized spacial score (nSPS) is 29.0. The fraction of sp³-hybridized carbons (Fsp3) is 0.613. The summed E-state index contributed by atoms with van der Waals surface area (Å²) in [5, 5.41) is 11.2. The fourth-order valence-corrected chi connectivity index (χ4v) is 7.19. The van der Waals surface area contributed by atoms with E-state index in [2.05, 4.69) is 58.8 Å². The molecule has 208 valence electrons. The molecule has 2 fully saturated rings. The predicted octanol–water partition coefficient (Wildman–Crippen LogP) is 7.70. The van der Waals surface area contributed by atoms with E-state index in [1.165, 1.54) is 51.0 Å². The summed E-state index contributed by atoms with van der Waals surface area (Å²) >= 11 is 0. The largest absolute Gasteiger partial charge is 0.573 e. The Kier molecular flexibility index (Phi) is 8.25. The molecule has 2 saturated carbocycles. The number of hydrogen-bond acceptors (Lipinski definition) is 4. The van der Waals surface area contributed by atoms with Gasteiger partial charge in [-0.1, -0.05) is 57.7 Å². The highest BCUT2D eigenvalue weighted by Crippen LogP contribution is 2.48. The average molecular weight is 530 g/mol. The Balaban J connectivity index is 1.36. The van der Waals surface area contributed by atoms with Crippen LogP contribution in [0, 0.1) is 11.8 Å². The maximum Gasteiger partial charge on any atom is 0.573 e. The van der Waals surface area contributed by atoms with Crippen molar-refractivity contribution < 1.29 is 17.9 Å². The second kappa shape index (κ2) is 11.5. The van der Waals surface area contributed by atoms with E-state index >= 15 is 0 Å². The zero-order chi connectivity index (χ0) is 26.8. The van der Waals surface area contributed by atoms with Gasteiger partial charge in [0.1, 0.15) is 5.75 Å². The van der Waals surface area contributed by atoms with Crippen molar-refractivity contribution in [2.75, 3.05) is 11.9 Å². The topological polar surface area (TPSA) is 45.3 Å². The summed E-state index contributed by atoms with van der Waals surface area (Å²) in [5.41, 5.74) is 4.36. The Bertz CT molecular complexity index is 1070. The predicted molar refractivity (Wildman–Crippen MR) is 146 cm³/mol.